The van der Waals surface area contributed by atoms with Crippen molar-refractivity contribution >= 4 is 23.5 Å². The maximum Gasteiger partial charge on any atom is 0.408 e. The highest BCUT2D eigenvalue weighted by atomic mass is 35.5. The van der Waals surface area contributed by atoms with Crippen LogP contribution in [0, 0.1) is 0 Å². The number of hydrogen-bond acceptors (Lipinski definition) is 5. The van der Waals surface area contributed by atoms with E-state index in [2.05, 4.69) is 15.0 Å². The van der Waals surface area contributed by atoms with Crippen molar-refractivity contribution in [2.75, 3.05) is 10.6 Å². The van der Waals surface area contributed by atoms with Gasteiger partial charge in [-0.1, -0.05) is 0 Å². The molecule has 0 fully saturated rings. The SMILES string of the molecule is CC(N(c1nc(N)nc(Cl)n1)C(C)C(F)(F)F)C(F)(F)F. The van der Waals surface area contributed by atoms with Gasteiger partial charge in [-0.05, 0) is 25.4 Å². The molecule has 2 N–H and O–H groups in total. The average molecular weight is 338 g/mol. The molecule has 0 saturated heterocycles. The van der Waals surface area contributed by atoms with E-state index in [0.717, 1.165) is 0 Å². The minimum atomic E-state index is -4.94. The number of rotatable bonds is 3. The Morgan fingerprint density at radius 2 is 1.38 bits per heavy atom. The molecule has 0 radical (unpaired) electrons. The van der Waals surface area contributed by atoms with Crippen LogP contribution in [0.3, 0.4) is 0 Å². The van der Waals surface area contributed by atoms with Gasteiger partial charge in [-0.3, -0.25) is 0 Å². The first kappa shape index (κ1) is 17.5. The topological polar surface area (TPSA) is 67.9 Å². The fraction of sp³-hybridized carbons (Fsp3) is 0.667. The van der Waals surface area contributed by atoms with E-state index in [0.29, 0.717) is 13.8 Å². The molecule has 21 heavy (non-hydrogen) atoms. The van der Waals surface area contributed by atoms with Crippen molar-refractivity contribution in [3.63, 3.8) is 0 Å². The number of nitrogen functional groups attached to an aromatic ring is 1. The lowest BCUT2D eigenvalue weighted by atomic mass is 10.2. The van der Waals surface area contributed by atoms with Gasteiger partial charge in [-0.2, -0.15) is 41.3 Å². The quantitative estimate of drug-likeness (QED) is 0.859. The van der Waals surface area contributed by atoms with Gasteiger partial charge in [0.25, 0.3) is 0 Å². The largest absolute Gasteiger partial charge is 0.408 e. The number of nitrogens with two attached hydrogens (primary N) is 1. The second-order valence-corrected chi connectivity index (χ2v) is 4.44. The van der Waals surface area contributed by atoms with Gasteiger partial charge in [0.05, 0.1) is 0 Å². The highest BCUT2D eigenvalue weighted by Crippen LogP contribution is 2.34. The molecular weight excluding hydrogens is 328 g/mol. The highest BCUT2D eigenvalue weighted by Gasteiger charge is 2.50. The molecule has 0 bridgehead atoms. The van der Waals surface area contributed by atoms with Crippen LogP contribution in [0.5, 0.6) is 0 Å². The summed E-state index contributed by atoms with van der Waals surface area (Å²) in [6.45, 7) is 1.10. The summed E-state index contributed by atoms with van der Waals surface area (Å²) in [7, 11) is 0. The molecule has 5 nitrogen and oxygen atoms in total. The van der Waals surface area contributed by atoms with Crippen LogP contribution in [0.2, 0.25) is 5.28 Å². The molecular formula is C9H10ClF6N5. The van der Waals surface area contributed by atoms with Gasteiger partial charge in [0.15, 0.2) is 0 Å². The molecule has 0 aliphatic rings. The van der Waals surface area contributed by atoms with Crippen LogP contribution in [-0.4, -0.2) is 39.4 Å². The number of nitrogens with zero attached hydrogens (tertiary/aromatic N) is 4. The minimum Gasteiger partial charge on any atom is -0.368 e. The zero-order chi connectivity index (χ0) is 16.6. The molecule has 0 aliphatic carbocycles. The van der Waals surface area contributed by atoms with Crippen molar-refractivity contribution in [3.05, 3.63) is 5.28 Å². The molecule has 1 aromatic heterocycles. The second-order valence-electron chi connectivity index (χ2n) is 4.11. The lowest BCUT2D eigenvalue weighted by Gasteiger charge is -2.36. The van der Waals surface area contributed by atoms with Crippen molar-refractivity contribution in [3.8, 4) is 0 Å². The molecule has 12 heteroatoms. The van der Waals surface area contributed by atoms with Crippen LogP contribution in [0.15, 0.2) is 0 Å². The van der Waals surface area contributed by atoms with Crippen LogP contribution in [-0.2, 0) is 0 Å². The molecule has 0 spiro atoms. The lowest BCUT2D eigenvalue weighted by molar-refractivity contribution is -0.169. The Balaban J connectivity index is 3.37. The summed E-state index contributed by atoms with van der Waals surface area (Å²) in [6, 6.07) is -5.01. The van der Waals surface area contributed by atoms with Gasteiger partial charge in [-0.25, -0.2) is 0 Å². The van der Waals surface area contributed by atoms with Crippen LogP contribution in [0.25, 0.3) is 0 Å². The Kier molecular flexibility index (Phi) is 4.76. The van der Waals surface area contributed by atoms with Gasteiger partial charge in [0.2, 0.25) is 17.2 Å². The summed E-state index contributed by atoms with van der Waals surface area (Å²) in [5, 5.41) is -0.605. The smallest absolute Gasteiger partial charge is 0.368 e. The van der Waals surface area contributed by atoms with Gasteiger partial charge in [0.1, 0.15) is 12.1 Å². The summed E-state index contributed by atoms with van der Waals surface area (Å²) in [4.78, 5) is 9.83. The highest BCUT2D eigenvalue weighted by molar-refractivity contribution is 6.28. The molecule has 2 unspecified atom stereocenters. The monoisotopic (exact) mass is 337 g/mol. The molecule has 120 valence electrons. The van der Waals surface area contributed by atoms with E-state index in [1.807, 2.05) is 0 Å². The molecule has 2 atom stereocenters. The van der Waals surface area contributed by atoms with E-state index in [9.17, 15) is 26.3 Å². The first-order valence-corrected chi connectivity index (χ1v) is 5.80. The second kappa shape index (κ2) is 5.70. The summed E-state index contributed by atoms with van der Waals surface area (Å²) < 4.78 is 76.7. The van der Waals surface area contributed by atoms with Crippen molar-refractivity contribution in [2.45, 2.75) is 38.3 Å². The number of halogens is 7. The number of hydrogen-bond donors (Lipinski definition) is 1. The van der Waals surface area contributed by atoms with Crippen molar-refractivity contribution in [1.29, 1.82) is 0 Å². The van der Waals surface area contributed by atoms with E-state index >= 15 is 0 Å². The van der Waals surface area contributed by atoms with E-state index in [-0.39, 0.29) is 4.90 Å². The third-order valence-corrected chi connectivity index (χ3v) is 2.80. The average Bonchev–Trinajstić information content (AvgIpc) is 2.25. The van der Waals surface area contributed by atoms with E-state index in [4.69, 9.17) is 17.3 Å². The van der Waals surface area contributed by atoms with Gasteiger partial charge in [0, 0.05) is 0 Å². The Bertz CT molecular complexity index is 464. The van der Waals surface area contributed by atoms with Crippen LogP contribution < -0.4 is 10.6 Å². The summed E-state index contributed by atoms with van der Waals surface area (Å²) in [6.07, 6.45) is -9.87. The maximum atomic E-state index is 12.8. The first-order valence-electron chi connectivity index (χ1n) is 5.43. The predicted molar refractivity (Wildman–Crippen MR) is 62.8 cm³/mol. The summed E-state index contributed by atoms with van der Waals surface area (Å²) >= 11 is 5.40. The summed E-state index contributed by atoms with van der Waals surface area (Å²) in [5.41, 5.74) is 5.18. The van der Waals surface area contributed by atoms with Crippen LogP contribution >= 0.6 is 11.6 Å². The van der Waals surface area contributed by atoms with Crippen molar-refractivity contribution in [1.82, 2.24) is 15.0 Å². The standard InChI is InChI=1S/C9H10ClF6N5/c1-3(8(11,12)13)21(4(2)9(14,15)16)7-19-5(10)18-6(17)20-7/h3-4H,1-2H3,(H2,17,18,19,20). The summed E-state index contributed by atoms with van der Waals surface area (Å²) in [5.74, 6) is -1.49. The third kappa shape index (κ3) is 4.22. The minimum absolute atomic E-state index is 0.0517. The first-order chi connectivity index (χ1) is 9.34. The third-order valence-electron chi connectivity index (χ3n) is 2.63. The molecule has 1 heterocycles. The van der Waals surface area contributed by atoms with Crippen LogP contribution in [0.1, 0.15) is 13.8 Å². The molecule has 0 aliphatic heterocycles. The Morgan fingerprint density at radius 1 is 0.952 bits per heavy atom. The fourth-order valence-corrected chi connectivity index (χ4v) is 1.63. The molecule has 0 aromatic carbocycles. The van der Waals surface area contributed by atoms with Crippen LogP contribution in [0.4, 0.5) is 38.2 Å². The van der Waals surface area contributed by atoms with E-state index < -0.39 is 41.6 Å². The predicted octanol–water partition coefficient (Wildman–Crippen LogP) is 2.82. The Labute approximate surface area is 120 Å². The maximum absolute atomic E-state index is 12.8. The van der Waals surface area contributed by atoms with Crippen molar-refractivity contribution in [2.24, 2.45) is 0 Å². The molecule has 0 saturated carbocycles. The Morgan fingerprint density at radius 3 is 1.71 bits per heavy atom. The zero-order valence-corrected chi connectivity index (χ0v) is 11.4. The normalized spacial score (nSPS) is 15.7. The van der Waals surface area contributed by atoms with Crippen molar-refractivity contribution < 1.29 is 26.3 Å². The Hall–Kier alpha value is -1.52. The molecule has 1 rings (SSSR count). The van der Waals surface area contributed by atoms with Gasteiger partial charge < -0.3 is 10.6 Å². The molecule has 1 aromatic rings. The van der Waals surface area contributed by atoms with Gasteiger partial charge >= 0.3 is 12.4 Å². The lowest BCUT2D eigenvalue weighted by Crippen LogP contribution is -2.54. The van der Waals surface area contributed by atoms with Gasteiger partial charge in [-0.15, -0.1) is 0 Å². The fourth-order valence-electron chi connectivity index (χ4n) is 1.47. The number of anilines is 2. The number of aromatic nitrogens is 3. The zero-order valence-electron chi connectivity index (χ0n) is 10.7. The van der Waals surface area contributed by atoms with E-state index in [1.165, 1.54) is 0 Å². The molecule has 0 amide bonds. The number of alkyl halides is 6. The van der Waals surface area contributed by atoms with E-state index in [1.54, 1.807) is 0 Å².